The van der Waals surface area contributed by atoms with Gasteiger partial charge in [-0.05, 0) is 19.3 Å². The molecule has 5 atom stereocenters. The second-order valence-corrected chi connectivity index (χ2v) is 7.01. The van der Waals surface area contributed by atoms with Gasteiger partial charge >= 0.3 is 0 Å². The molecule has 0 spiro atoms. The third-order valence-electron chi connectivity index (χ3n) is 5.09. The van der Waals surface area contributed by atoms with Crippen LogP contribution in [0, 0.1) is 0 Å². The van der Waals surface area contributed by atoms with E-state index < -0.39 is 6.10 Å². The number of ether oxygens (including phenoxy) is 3. The molecule has 3 N–H and O–H groups in total. The number of hydrogen-bond donors (Lipinski definition) is 3. The second kappa shape index (κ2) is 8.58. The van der Waals surface area contributed by atoms with E-state index in [2.05, 4.69) is 10.6 Å². The lowest BCUT2D eigenvalue weighted by Gasteiger charge is -2.26. The van der Waals surface area contributed by atoms with E-state index in [1.54, 1.807) is 0 Å². The lowest BCUT2D eigenvalue weighted by molar-refractivity contribution is -0.124. The minimum atomic E-state index is -0.633. The summed E-state index contributed by atoms with van der Waals surface area (Å²) in [6.45, 7) is 4.93. The molecule has 7 heteroatoms. The Hall–Kier alpha value is -0.730. The van der Waals surface area contributed by atoms with Gasteiger partial charge in [-0.15, -0.1) is 0 Å². The largest absolute Gasteiger partial charge is 0.388 e. The van der Waals surface area contributed by atoms with Crippen LogP contribution in [-0.2, 0) is 19.0 Å². The van der Waals surface area contributed by atoms with Crippen molar-refractivity contribution in [2.75, 3.05) is 26.3 Å². The van der Waals surface area contributed by atoms with Crippen LogP contribution in [0.15, 0.2) is 0 Å². The average molecular weight is 342 g/mol. The van der Waals surface area contributed by atoms with E-state index >= 15 is 0 Å². The van der Waals surface area contributed by atoms with Crippen LogP contribution in [0.2, 0.25) is 0 Å². The molecule has 5 unspecified atom stereocenters. The van der Waals surface area contributed by atoms with Crippen molar-refractivity contribution in [3.63, 3.8) is 0 Å². The quantitative estimate of drug-likeness (QED) is 0.601. The summed E-state index contributed by atoms with van der Waals surface area (Å²) in [5, 5.41) is 16.8. The van der Waals surface area contributed by atoms with E-state index in [4.69, 9.17) is 14.2 Å². The zero-order valence-electron chi connectivity index (χ0n) is 14.4. The Morgan fingerprint density at radius 3 is 2.75 bits per heavy atom. The maximum atomic E-state index is 11.8. The topological polar surface area (TPSA) is 89.1 Å². The maximum Gasteiger partial charge on any atom is 0.222 e. The first kappa shape index (κ1) is 18.1. The molecule has 3 rings (SSSR count). The van der Waals surface area contributed by atoms with Crippen molar-refractivity contribution in [1.29, 1.82) is 0 Å². The molecule has 3 heterocycles. The minimum absolute atomic E-state index is 0.00838. The molecule has 7 nitrogen and oxygen atoms in total. The van der Waals surface area contributed by atoms with E-state index in [0.717, 1.165) is 32.5 Å². The van der Waals surface area contributed by atoms with E-state index in [1.165, 1.54) is 0 Å². The normalized spacial score (nSPS) is 36.7. The molecule has 0 saturated carbocycles. The number of fused-ring (bicyclic) bond motifs is 1. The number of hydrogen-bond acceptors (Lipinski definition) is 6. The van der Waals surface area contributed by atoms with Crippen LogP contribution in [0.4, 0.5) is 0 Å². The first-order valence-corrected chi connectivity index (χ1v) is 9.24. The second-order valence-electron chi connectivity index (χ2n) is 7.01. The van der Waals surface area contributed by atoms with Gasteiger partial charge in [0.1, 0.15) is 12.2 Å². The standard InChI is InChI=1S/C17H30N2O5/c1-2-5-18-15(20)9-12-8-13-17(23-12)16(21)14(24-13)10-19-11-3-6-22-7-4-11/h11-14,16-17,19,21H,2-10H2,1H3,(H,18,20). The van der Waals surface area contributed by atoms with E-state index in [9.17, 15) is 9.90 Å². The Labute approximate surface area is 143 Å². The molecule has 0 aromatic carbocycles. The Kier molecular flexibility index (Phi) is 6.46. The van der Waals surface area contributed by atoms with Gasteiger partial charge in [-0.1, -0.05) is 6.92 Å². The number of carbonyl (C=O) groups excluding carboxylic acids is 1. The SMILES string of the molecule is CCCNC(=O)CC1CC2OC(CNC3CCOCC3)C(O)C2O1. The van der Waals surface area contributed by atoms with Crippen molar-refractivity contribution >= 4 is 5.91 Å². The number of aliphatic hydroxyl groups is 1. The fourth-order valence-electron chi connectivity index (χ4n) is 3.74. The van der Waals surface area contributed by atoms with Crippen LogP contribution in [0.1, 0.15) is 39.0 Å². The predicted octanol–water partition coefficient (Wildman–Crippen LogP) is -0.0429. The highest BCUT2D eigenvalue weighted by Crippen LogP contribution is 2.35. The number of nitrogens with one attached hydrogen (secondary N) is 2. The van der Waals surface area contributed by atoms with Gasteiger partial charge in [0.25, 0.3) is 0 Å². The summed E-state index contributed by atoms with van der Waals surface area (Å²) in [7, 11) is 0. The highest BCUT2D eigenvalue weighted by molar-refractivity contribution is 5.76. The van der Waals surface area contributed by atoms with E-state index in [1.807, 2.05) is 6.92 Å². The van der Waals surface area contributed by atoms with Gasteiger partial charge in [-0.2, -0.15) is 0 Å². The molecule has 3 saturated heterocycles. The summed E-state index contributed by atoms with van der Waals surface area (Å²) >= 11 is 0. The number of carbonyl (C=O) groups is 1. The lowest BCUT2D eigenvalue weighted by Crippen LogP contribution is -2.44. The molecule has 0 aromatic rings. The predicted molar refractivity (Wildman–Crippen MR) is 87.7 cm³/mol. The smallest absolute Gasteiger partial charge is 0.222 e. The summed E-state index contributed by atoms with van der Waals surface area (Å²) in [4.78, 5) is 11.8. The minimum Gasteiger partial charge on any atom is -0.388 e. The summed E-state index contributed by atoms with van der Waals surface area (Å²) < 4.78 is 17.2. The molecule has 3 aliphatic rings. The maximum absolute atomic E-state index is 11.8. The number of rotatable bonds is 7. The van der Waals surface area contributed by atoms with Gasteiger partial charge in [0.05, 0.1) is 24.7 Å². The van der Waals surface area contributed by atoms with Gasteiger partial charge < -0.3 is 30.0 Å². The molecule has 138 valence electrons. The first-order chi connectivity index (χ1) is 11.7. The molecule has 1 amide bonds. The van der Waals surface area contributed by atoms with Crippen molar-refractivity contribution in [2.24, 2.45) is 0 Å². The van der Waals surface area contributed by atoms with Crippen LogP contribution in [-0.4, -0.2) is 73.9 Å². The van der Waals surface area contributed by atoms with Crippen LogP contribution in [0.5, 0.6) is 0 Å². The van der Waals surface area contributed by atoms with Crippen molar-refractivity contribution in [3.05, 3.63) is 0 Å². The molecule has 24 heavy (non-hydrogen) atoms. The highest BCUT2D eigenvalue weighted by atomic mass is 16.6. The fourth-order valence-corrected chi connectivity index (χ4v) is 3.74. The molecule has 3 fully saturated rings. The Bertz CT molecular complexity index is 416. The van der Waals surface area contributed by atoms with Crippen LogP contribution < -0.4 is 10.6 Å². The third-order valence-corrected chi connectivity index (χ3v) is 5.09. The molecular formula is C17H30N2O5. The Balaban J connectivity index is 1.40. The molecule has 0 bridgehead atoms. The van der Waals surface area contributed by atoms with Crippen LogP contribution in [0.3, 0.4) is 0 Å². The van der Waals surface area contributed by atoms with Crippen molar-refractivity contribution < 1.29 is 24.1 Å². The molecule has 0 radical (unpaired) electrons. The average Bonchev–Trinajstić information content (AvgIpc) is 3.11. The zero-order chi connectivity index (χ0) is 16.9. The van der Waals surface area contributed by atoms with Gasteiger partial charge in [-0.3, -0.25) is 4.79 Å². The summed E-state index contributed by atoms with van der Waals surface area (Å²) in [6.07, 6.45) is 2.50. The monoisotopic (exact) mass is 342 g/mol. The van der Waals surface area contributed by atoms with Gasteiger partial charge in [0.2, 0.25) is 5.91 Å². The molecular weight excluding hydrogens is 312 g/mol. The lowest BCUT2D eigenvalue weighted by atomic mass is 10.1. The first-order valence-electron chi connectivity index (χ1n) is 9.24. The molecule has 3 aliphatic heterocycles. The van der Waals surface area contributed by atoms with Crippen LogP contribution >= 0.6 is 0 Å². The van der Waals surface area contributed by atoms with Crippen molar-refractivity contribution in [1.82, 2.24) is 10.6 Å². The summed E-state index contributed by atoms with van der Waals surface area (Å²) in [5.41, 5.74) is 0. The van der Waals surface area contributed by atoms with Crippen LogP contribution in [0.25, 0.3) is 0 Å². The third kappa shape index (κ3) is 4.46. The highest BCUT2D eigenvalue weighted by Gasteiger charge is 2.50. The van der Waals surface area contributed by atoms with Crippen molar-refractivity contribution in [2.45, 2.75) is 75.6 Å². The van der Waals surface area contributed by atoms with Gasteiger partial charge in [0, 0.05) is 38.8 Å². The summed E-state index contributed by atoms with van der Waals surface area (Å²) in [6, 6.07) is 0.436. The zero-order valence-corrected chi connectivity index (χ0v) is 14.4. The Morgan fingerprint density at radius 1 is 1.25 bits per heavy atom. The molecule has 0 aromatic heterocycles. The van der Waals surface area contributed by atoms with Gasteiger partial charge in [-0.25, -0.2) is 0 Å². The summed E-state index contributed by atoms with van der Waals surface area (Å²) in [5.74, 6) is 0.00838. The van der Waals surface area contributed by atoms with E-state index in [0.29, 0.717) is 32.0 Å². The number of aliphatic hydroxyl groups excluding tert-OH is 1. The van der Waals surface area contributed by atoms with Crippen molar-refractivity contribution in [3.8, 4) is 0 Å². The van der Waals surface area contributed by atoms with E-state index in [-0.39, 0.29) is 30.3 Å². The Morgan fingerprint density at radius 2 is 2.04 bits per heavy atom. The van der Waals surface area contributed by atoms with Gasteiger partial charge in [0.15, 0.2) is 0 Å². The number of amides is 1. The fraction of sp³-hybridized carbons (Fsp3) is 0.941. The molecule has 0 aliphatic carbocycles.